The average Bonchev–Trinajstić information content (AvgIpc) is 3.23. The van der Waals surface area contributed by atoms with Crippen molar-refractivity contribution in [3.8, 4) is 5.75 Å². The van der Waals surface area contributed by atoms with Gasteiger partial charge in [-0.15, -0.1) is 0 Å². The summed E-state index contributed by atoms with van der Waals surface area (Å²) < 4.78 is 0. The molecule has 6 heteroatoms. The van der Waals surface area contributed by atoms with Crippen molar-refractivity contribution in [2.45, 2.75) is 12.8 Å². The van der Waals surface area contributed by atoms with Crippen LogP contribution in [0.4, 0.5) is 5.69 Å². The number of hydrogen-bond donors (Lipinski definition) is 2. The SMILES string of the molecule is O=C(CCN1C(=O)[C@@H]2[C@H](C1=O)[C@H]1C=C[C@H]2C1)Nc1ccccc1O. The summed E-state index contributed by atoms with van der Waals surface area (Å²) in [6.45, 7) is 0.0868. The fourth-order valence-electron chi connectivity index (χ4n) is 4.19. The average molecular weight is 326 g/mol. The first-order chi connectivity index (χ1) is 11.6. The first-order valence-electron chi connectivity index (χ1n) is 8.17. The lowest BCUT2D eigenvalue weighted by Gasteiger charge is -2.17. The summed E-state index contributed by atoms with van der Waals surface area (Å²) in [5, 5.41) is 12.3. The predicted molar refractivity (Wildman–Crippen MR) is 85.8 cm³/mol. The highest BCUT2D eigenvalue weighted by molar-refractivity contribution is 6.06. The molecule has 3 aliphatic rings. The molecule has 4 rings (SSSR count). The maximum Gasteiger partial charge on any atom is 0.233 e. The highest BCUT2D eigenvalue weighted by Gasteiger charge is 2.58. The molecular weight excluding hydrogens is 308 g/mol. The minimum Gasteiger partial charge on any atom is -0.506 e. The van der Waals surface area contributed by atoms with Crippen molar-refractivity contribution in [2.75, 3.05) is 11.9 Å². The van der Waals surface area contributed by atoms with Gasteiger partial charge in [-0.2, -0.15) is 0 Å². The van der Waals surface area contributed by atoms with Gasteiger partial charge < -0.3 is 10.4 Å². The third-order valence-electron chi connectivity index (χ3n) is 5.30. The van der Waals surface area contributed by atoms with E-state index in [4.69, 9.17) is 0 Å². The van der Waals surface area contributed by atoms with Gasteiger partial charge in [0, 0.05) is 13.0 Å². The van der Waals surface area contributed by atoms with Crippen molar-refractivity contribution < 1.29 is 19.5 Å². The summed E-state index contributed by atoms with van der Waals surface area (Å²) >= 11 is 0. The van der Waals surface area contributed by atoms with E-state index in [2.05, 4.69) is 5.32 Å². The van der Waals surface area contributed by atoms with Gasteiger partial charge in [-0.3, -0.25) is 19.3 Å². The normalized spacial score (nSPS) is 30.1. The molecule has 0 unspecified atom stereocenters. The zero-order valence-corrected chi connectivity index (χ0v) is 13.0. The summed E-state index contributed by atoms with van der Waals surface area (Å²) in [5.74, 6) is -0.739. The quantitative estimate of drug-likeness (QED) is 0.499. The van der Waals surface area contributed by atoms with Crippen LogP contribution < -0.4 is 5.32 Å². The van der Waals surface area contributed by atoms with E-state index in [9.17, 15) is 19.5 Å². The number of carbonyl (C=O) groups excluding carboxylic acids is 3. The number of anilines is 1. The molecule has 1 saturated carbocycles. The number of rotatable bonds is 4. The minimum absolute atomic E-state index is 0.0173. The lowest BCUT2D eigenvalue weighted by atomic mass is 9.85. The molecule has 1 heterocycles. The van der Waals surface area contributed by atoms with Crippen LogP contribution in [0, 0.1) is 23.7 Å². The Balaban J connectivity index is 1.38. The summed E-state index contributed by atoms with van der Waals surface area (Å²) in [7, 11) is 0. The van der Waals surface area contributed by atoms with Crippen molar-refractivity contribution >= 4 is 23.4 Å². The number of fused-ring (bicyclic) bond motifs is 5. The second-order valence-corrected chi connectivity index (χ2v) is 6.64. The topological polar surface area (TPSA) is 86.7 Å². The number of aromatic hydroxyl groups is 1. The van der Waals surface area contributed by atoms with E-state index >= 15 is 0 Å². The smallest absolute Gasteiger partial charge is 0.233 e. The summed E-state index contributed by atoms with van der Waals surface area (Å²) in [6, 6.07) is 6.43. The molecule has 0 radical (unpaired) electrons. The number of likely N-dealkylation sites (tertiary alicyclic amines) is 1. The fraction of sp³-hybridized carbons (Fsp3) is 0.389. The van der Waals surface area contributed by atoms with Crippen LogP contribution in [0.15, 0.2) is 36.4 Å². The standard InChI is InChI=1S/C18H18N2O4/c21-13-4-2-1-3-12(13)19-14(22)7-8-20-17(23)15-10-5-6-11(9-10)16(15)18(20)24/h1-6,10-11,15-16,21H,7-9H2,(H,19,22)/t10-,11-,15-,16+/m0/s1. The Kier molecular flexibility index (Phi) is 3.40. The van der Waals surface area contributed by atoms with Gasteiger partial charge in [-0.05, 0) is 30.4 Å². The highest BCUT2D eigenvalue weighted by Crippen LogP contribution is 2.52. The van der Waals surface area contributed by atoms with E-state index in [1.54, 1.807) is 18.2 Å². The molecule has 24 heavy (non-hydrogen) atoms. The van der Waals surface area contributed by atoms with Gasteiger partial charge in [0.2, 0.25) is 17.7 Å². The Hall–Kier alpha value is -2.63. The molecule has 0 aromatic heterocycles. The fourth-order valence-corrected chi connectivity index (χ4v) is 4.19. The van der Waals surface area contributed by atoms with Gasteiger partial charge in [0.05, 0.1) is 17.5 Å². The first-order valence-corrected chi connectivity index (χ1v) is 8.17. The van der Waals surface area contributed by atoms with E-state index in [1.165, 1.54) is 11.0 Å². The molecule has 6 nitrogen and oxygen atoms in total. The van der Waals surface area contributed by atoms with Gasteiger partial charge in [0.1, 0.15) is 5.75 Å². The van der Waals surface area contributed by atoms with Crippen molar-refractivity contribution in [3.05, 3.63) is 36.4 Å². The molecule has 2 N–H and O–H groups in total. The van der Waals surface area contributed by atoms with Crippen LogP contribution in [0.2, 0.25) is 0 Å². The Morgan fingerprint density at radius 3 is 2.38 bits per heavy atom. The number of phenolic OH excluding ortho intramolecular Hbond substituents is 1. The summed E-state index contributed by atoms with van der Waals surface area (Å²) in [5.41, 5.74) is 0.320. The molecule has 2 aliphatic carbocycles. The van der Waals surface area contributed by atoms with Crippen molar-refractivity contribution in [3.63, 3.8) is 0 Å². The summed E-state index contributed by atoms with van der Waals surface area (Å²) in [4.78, 5) is 38.3. The van der Waals surface area contributed by atoms with Gasteiger partial charge in [-0.1, -0.05) is 24.3 Å². The van der Waals surface area contributed by atoms with E-state index in [-0.39, 0.29) is 60.1 Å². The molecule has 1 saturated heterocycles. The number of nitrogens with one attached hydrogen (secondary N) is 1. The monoisotopic (exact) mass is 326 g/mol. The van der Waals surface area contributed by atoms with Crippen molar-refractivity contribution in [2.24, 2.45) is 23.7 Å². The lowest BCUT2D eigenvalue weighted by molar-refractivity contribution is -0.140. The van der Waals surface area contributed by atoms with Crippen LogP contribution in [0.1, 0.15) is 12.8 Å². The Morgan fingerprint density at radius 2 is 1.75 bits per heavy atom. The van der Waals surface area contributed by atoms with Crippen LogP contribution >= 0.6 is 0 Å². The number of phenols is 1. The molecular formula is C18H18N2O4. The second kappa shape index (κ2) is 5.47. The van der Waals surface area contributed by atoms with Gasteiger partial charge in [0.25, 0.3) is 0 Å². The number of benzene rings is 1. The molecule has 2 fully saturated rings. The molecule has 1 aromatic carbocycles. The van der Waals surface area contributed by atoms with E-state index < -0.39 is 0 Å². The Morgan fingerprint density at radius 1 is 1.12 bits per heavy atom. The highest BCUT2D eigenvalue weighted by atomic mass is 16.3. The van der Waals surface area contributed by atoms with Crippen LogP contribution in [0.25, 0.3) is 0 Å². The maximum absolute atomic E-state index is 12.5. The zero-order chi connectivity index (χ0) is 16.8. The predicted octanol–water partition coefficient (Wildman–Crippen LogP) is 1.53. The number of hydrogen-bond acceptors (Lipinski definition) is 4. The van der Waals surface area contributed by atoms with Crippen LogP contribution in [0.5, 0.6) is 5.75 Å². The molecule has 1 aliphatic heterocycles. The number of allylic oxidation sites excluding steroid dienone is 2. The van der Waals surface area contributed by atoms with Crippen LogP contribution in [-0.4, -0.2) is 34.3 Å². The van der Waals surface area contributed by atoms with E-state index in [0.717, 1.165) is 6.42 Å². The third kappa shape index (κ3) is 2.21. The van der Waals surface area contributed by atoms with Gasteiger partial charge in [0.15, 0.2) is 0 Å². The lowest BCUT2D eigenvalue weighted by Crippen LogP contribution is -2.35. The van der Waals surface area contributed by atoms with E-state index in [1.807, 2.05) is 12.2 Å². The van der Waals surface area contributed by atoms with Crippen molar-refractivity contribution in [1.29, 1.82) is 0 Å². The van der Waals surface area contributed by atoms with Crippen LogP contribution in [-0.2, 0) is 14.4 Å². The maximum atomic E-state index is 12.5. The van der Waals surface area contributed by atoms with Gasteiger partial charge >= 0.3 is 0 Å². The van der Waals surface area contributed by atoms with E-state index in [0.29, 0.717) is 5.69 Å². The Bertz CT molecular complexity index is 727. The number of nitrogens with zero attached hydrogens (tertiary/aromatic N) is 1. The molecule has 2 bridgehead atoms. The number of amides is 3. The Labute approximate surface area is 139 Å². The third-order valence-corrected chi connectivity index (χ3v) is 5.30. The largest absolute Gasteiger partial charge is 0.506 e. The molecule has 0 spiro atoms. The molecule has 3 amide bonds. The summed E-state index contributed by atoms with van der Waals surface area (Å²) in [6.07, 6.45) is 5.01. The molecule has 1 aromatic rings. The van der Waals surface area contributed by atoms with Gasteiger partial charge in [-0.25, -0.2) is 0 Å². The molecule has 124 valence electrons. The van der Waals surface area contributed by atoms with Crippen molar-refractivity contribution in [1.82, 2.24) is 4.90 Å². The number of carbonyl (C=O) groups is 3. The second-order valence-electron chi connectivity index (χ2n) is 6.64. The number of para-hydroxylation sites is 2. The zero-order valence-electron chi connectivity index (χ0n) is 13.0. The first kappa shape index (κ1) is 14.9. The number of imide groups is 1. The molecule has 4 atom stereocenters. The van der Waals surface area contributed by atoms with Crippen LogP contribution in [0.3, 0.4) is 0 Å². The minimum atomic E-state index is -0.338.